The Morgan fingerprint density at radius 2 is 1.96 bits per heavy atom. The largest absolute Gasteiger partial charge is 0.494 e. The Morgan fingerprint density at radius 3 is 2.61 bits per heavy atom. The van der Waals surface area contributed by atoms with E-state index in [1.165, 1.54) is 0 Å². The van der Waals surface area contributed by atoms with Crippen LogP contribution in [0.3, 0.4) is 0 Å². The Labute approximate surface area is 133 Å². The van der Waals surface area contributed by atoms with Crippen molar-refractivity contribution in [2.75, 3.05) is 7.11 Å². The van der Waals surface area contributed by atoms with E-state index in [9.17, 15) is 8.42 Å². The number of rotatable bonds is 5. The maximum atomic E-state index is 10.9. The van der Waals surface area contributed by atoms with Crippen LogP contribution in [0.4, 0.5) is 0 Å². The minimum atomic E-state index is -3.70. The summed E-state index contributed by atoms with van der Waals surface area (Å²) in [6, 6.07) is 12.8. The van der Waals surface area contributed by atoms with Crippen LogP contribution in [0.25, 0.3) is 16.7 Å². The van der Waals surface area contributed by atoms with Crippen LogP contribution in [-0.4, -0.2) is 30.5 Å². The van der Waals surface area contributed by atoms with Crippen molar-refractivity contribution in [2.45, 2.75) is 6.54 Å². The van der Waals surface area contributed by atoms with Crippen LogP contribution in [0.2, 0.25) is 0 Å². The van der Waals surface area contributed by atoms with Gasteiger partial charge in [0, 0.05) is 6.54 Å². The molecule has 23 heavy (non-hydrogen) atoms. The van der Waals surface area contributed by atoms with E-state index in [2.05, 4.69) is 15.0 Å². The summed E-state index contributed by atoms with van der Waals surface area (Å²) in [6.07, 6.45) is 0. The lowest BCUT2D eigenvalue weighted by Gasteiger charge is -2.06. The third-order valence-electron chi connectivity index (χ3n) is 3.32. The first-order chi connectivity index (χ1) is 11.0. The zero-order chi connectivity index (χ0) is 16.4. The summed E-state index contributed by atoms with van der Waals surface area (Å²) < 4.78 is 31.0. The number of benzene rings is 2. The highest BCUT2D eigenvalue weighted by molar-refractivity contribution is 7.87. The van der Waals surface area contributed by atoms with Crippen LogP contribution in [0.1, 0.15) is 5.56 Å². The zero-order valence-electron chi connectivity index (χ0n) is 12.3. The molecule has 1 aromatic heterocycles. The average molecular weight is 333 g/mol. The van der Waals surface area contributed by atoms with Gasteiger partial charge in [0.25, 0.3) is 10.2 Å². The summed E-state index contributed by atoms with van der Waals surface area (Å²) in [6.45, 7) is 0.130. The van der Waals surface area contributed by atoms with Gasteiger partial charge in [0.15, 0.2) is 5.52 Å². The molecule has 2 aromatic carbocycles. The van der Waals surface area contributed by atoms with Crippen molar-refractivity contribution < 1.29 is 13.2 Å². The Morgan fingerprint density at radius 1 is 1.22 bits per heavy atom. The average Bonchev–Trinajstić information content (AvgIpc) is 2.96. The number of hydrogen-bond donors (Lipinski definition) is 2. The maximum absolute atomic E-state index is 10.9. The van der Waals surface area contributed by atoms with Crippen molar-refractivity contribution in [1.82, 2.24) is 19.7 Å². The van der Waals surface area contributed by atoms with E-state index in [-0.39, 0.29) is 6.54 Å². The van der Waals surface area contributed by atoms with Gasteiger partial charge in [0.1, 0.15) is 5.75 Å². The van der Waals surface area contributed by atoms with Gasteiger partial charge in [0.05, 0.1) is 18.3 Å². The fourth-order valence-corrected chi connectivity index (χ4v) is 2.58. The monoisotopic (exact) mass is 333 g/mol. The Kier molecular flexibility index (Phi) is 3.99. The minimum Gasteiger partial charge on any atom is -0.494 e. The molecule has 9 heteroatoms. The fraction of sp³-hybridized carbons (Fsp3) is 0.143. The second kappa shape index (κ2) is 5.95. The molecule has 0 radical (unpaired) electrons. The predicted octanol–water partition coefficient (Wildman–Crippen LogP) is 0.722. The van der Waals surface area contributed by atoms with Crippen LogP contribution in [0, 0.1) is 0 Å². The molecule has 3 N–H and O–H groups in total. The summed E-state index contributed by atoms with van der Waals surface area (Å²) in [7, 11) is -2.12. The second-order valence-corrected chi connectivity index (χ2v) is 6.24. The molecule has 0 unspecified atom stereocenters. The Hall–Kier alpha value is -2.49. The summed E-state index contributed by atoms with van der Waals surface area (Å²) in [5.74, 6) is 0.655. The lowest BCUT2D eigenvalue weighted by molar-refractivity contribution is 0.419. The van der Waals surface area contributed by atoms with Gasteiger partial charge in [0.2, 0.25) is 0 Å². The van der Waals surface area contributed by atoms with Crippen molar-refractivity contribution in [1.29, 1.82) is 0 Å². The molecule has 0 spiro atoms. The predicted molar refractivity (Wildman–Crippen MR) is 85.4 cm³/mol. The first-order valence-electron chi connectivity index (χ1n) is 6.73. The van der Waals surface area contributed by atoms with Crippen LogP contribution in [0.15, 0.2) is 42.5 Å². The van der Waals surface area contributed by atoms with Crippen LogP contribution in [-0.2, 0) is 16.8 Å². The highest BCUT2D eigenvalue weighted by Crippen LogP contribution is 2.24. The standard InChI is InChI=1S/C14H15N5O3S/c1-22-13-4-2-3-12-14(13)17-18-19(12)11-7-5-10(6-8-11)9-16-23(15,20)21/h2-8,16H,9H2,1H3,(H2,15,20,21). The number of hydrogen-bond acceptors (Lipinski definition) is 5. The van der Waals surface area contributed by atoms with E-state index >= 15 is 0 Å². The van der Waals surface area contributed by atoms with E-state index in [4.69, 9.17) is 9.88 Å². The van der Waals surface area contributed by atoms with E-state index < -0.39 is 10.2 Å². The highest BCUT2D eigenvalue weighted by Gasteiger charge is 2.10. The third-order valence-corrected chi connectivity index (χ3v) is 3.87. The van der Waals surface area contributed by atoms with Crippen molar-refractivity contribution in [3.8, 4) is 11.4 Å². The molecule has 0 amide bonds. The van der Waals surface area contributed by atoms with Crippen molar-refractivity contribution >= 4 is 21.2 Å². The number of fused-ring (bicyclic) bond motifs is 1. The molecule has 1 heterocycles. The lowest BCUT2D eigenvalue weighted by Crippen LogP contribution is -2.30. The first-order valence-corrected chi connectivity index (χ1v) is 8.28. The molecule has 0 aliphatic carbocycles. The molecule has 0 aliphatic heterocycles. The van der Waals surface area contributed by atoms with E-state index in [1.54, 1.807) is 23.9 Å². The number of nitrogens with one attached hydrogen (secondary N) is 1. The van der Waals surface area contributed by atoms with E-state index in [0.717, 1.165) is 16.8 Å². The SMILES string of the molecule is COc1cccc2c1nnn2-c1ccc(CNS(N)(=O)=O)cc1. The van der Waals surface area contributed by atoms with Crippen molar-refractivity contribution in [3.63, 3.8) is 0 Å². The van der Waals surface area contributed by atoms with Gasteiger partial charge in [-0.25, -0.2) is 9.82 Å². The smallest absolute Gasteiger partial charge is 0.274 e. The van der Waals surface area contributed by atoms with Gasteiger partial charge in [-0.05, 0) is 29.8 Å². The Balaban J connectivity index is 1.91. The number of methoxy groups -OCH3 is 1. The van der Waals surface area contributed by atoms with Gasteiger partial charge in [-0.2, -0.15) is 13.1 Å². The van der Waals surface area contributed by atoms with Crippen molar-refractivity contribution in [2.24, 2.45) is 5.14 Å². The maximum Gasteiger partial charge on any atom is 0.274 e. The summed E-state index contributed by atoms with van der Waals surface area (Å²) in [4.78, 5) is 0. The van der Waals surface area contributed by atoms with E-state index in [1.807, 2.05) is 30.3 Å². The Bertz CT molecular complexity index is 935. The van der Waals surface area contributed by atoms with Gasteiger partial charge in [-0.1, -0.05) is 23.4 Å². The van der Waals surface area contributed by atoms with Gasteiger partial charge in [-0.3, -0.25) is 0 Å². The molecule has 3 aromatic rings. The number of nitrogens with zero attached hydrogens (tertiary/aromatic N) is 3. The van der Waals surface area contributed by atoms with Crippen LogP contribution < -0.4 is 14.6 Å². The second-order valence-electron chi connectivity index (χ2n) is 4.86. The number of aromatic nitrogens is 3. The molecule has 3 rings (SSSR count). The third kappa shape index (κ3) is 3.31. The lowest BCUT2D eigenvalue weighted by atomic mass is 10.2. The molecular formula is C14H15N5O3S. The summed E-state index contributed by atoms with van der Waals surface area (Å²) in [5, 5.41) is 13.2. The minimum absolute atomic E-state index is 0.130. The molecular weight excluding hydrogens is 318 g/mol. The van der Waals surface area contributed by atoms with Gasteiger partial charge >= 0.3 is 0 Å². The summed E-state index contributed by atoms with van der Waals surface area (Å²) in [5.41, 5.74) is 3.08. The number of ether oxygens (including phenoxy) is 1. The zero-order valence-corrected chi connectivity index (χ0v) is 13.1. The molecule has 120 valence electrons. The molecule has 0 saturated carbocycles. The van der Waals surface area contributed by atoms with Gasteiger partial charge in [-0.15, -0.1) is 5.10 Å². The molecule has 0 fully saturated rings. The quantitative estimate of drug-likeness (QED) is 0.714. The fourth-order valence-electron chi connectivity index (χ4n) is 2.21. The normalized spacial score (nSPS) is 11.7. The van der Waals surface area contributed by atoms with Crippen molar-refractivity contribution in [3.05, 3.63) is 48.0 Å². The van der Waals surface area contributed by atoms with Crippen LogP contribution in [0.5, 0.6) is 5.75 Å². The molecule has 0 saturated heterocycles. The molecule has 0 atom stereocenters. The highest BCUT2D eigenvalue weighted by atomic mass is 32.2. The van der Waals surface area contributed by atoms with Gasteiger partial charge < -0.3 is 4.74 Å². The summed E-state index contributed by atoms with van der Waals surface area (Å²) >= 11 is 0. The molecule has 0 aliphatic rings. The van der Waals surface area contributed by atoms with E-state index in [0.29, 0.717) is 11.3 Å². The number of nitrogens with two attached hydrogens (primary N) is 1. The molecule has 0 bridgehead atoms. The van der Waals surface area contributed by atoms with Crippen LogP contribution >= 0.6 is 0 Å². The first kappa shape index (κ1) is 15.4. The topological polar surface area (TPSA) is 112 Å². The molecule has 8 nitrogen and oxygen atoms in total.